The van der Waals surface area contributed by atoms with Crippen LogP contribution in [-0.2, 0) is 0 Å². The Hall–Kier alpha value is -1.31. The van der Waals surface area contributed by atoms with Gasteiger partial charge in [0.1, 0.15) is 0 Å². The van der Waals surface area contributed by atoms with Crippen LogP contribution in [0.4, 0.5) is 0 Å². The minimum atomic E-state index is 0.100. The zero-order valence-electron chi connectivity index (χ0n) is 13.8. The molecule has 2 heteroatoms. The summed E-state index contributed by atoms with van der Waals surface area (Å²) in [5, 5.41) is 3.33. The van der Waals surface area contributed by atoms with Crippen LogP contribution in [0.2, 0.25) is 0 Å². The standard InChI is InChI=1S/C20H27NO/c1-13-3-5-18(6-4-13)19(22)21-14(2)20-10-15-7-16(11-20)9-17(8-15)12-20/h3-6,14-17H,7-12H2,1-2H3,(H,21,22). The lowest BCUT2D eigenvalue weighted by Gasteiger charge is -2.59. The molecule has 4 saturated carbocycles. The first-order valence-electron chi connectivity index (χ1n) is 8.92. The second-order valence-corrected chi connectivity index (χ2v) is 8.34. The van der Waals surface area contributed by atoms with E-state index in [4.69, 9.17) is 0 Å². The Morgan fingerprint density at radius 2 is 1.55 bits per heavy atom. The Kier molecular flexibility index (Phi) is 3.32. The highest BCUT2D eigenvalue weighted by Crippen LogP contribution is 2.61. The topological polar surface area (TPSA) is 29.1 Å². The van der Waals surface area contributed by atoms with Crippen LogP contribution in [0.1, 0.15) is 61.4 Å². The molecule has 4 aliphatic carbocycles. The van der Waals surface area contributed by atoms with Gasteiger partial charge in [-0.2, -0.15) is 0 Å². The molecule has 0 heterocycles. The van der Waals surface area contributed by atoms with E-state index in [1.54, 1.807) is 0 Å². The number of rotatable bonds is 3. The number of amides is 1. The fourth-order valence-electron chi connectivity index (χ4n) is 5.85. The molecule has 0 radical (unpaired) electrons. The maximum absolute atomic E-state index is 12.5. The van der Waals surface area contributed by atoms with Crippen molar-refractivity contribution in [3.8, 4) is 0 Å². The Balaban J connectivity index is 1.49. The molecule has 0 saturated heterocycles. The maximum atomic E-state index is 12.5. The van der Waals surface area contributed by atoms with Gasteiger partial charge < -0.3 is 5.32 Å². The molecule has 1 aromatic carbocycles. The number of carbonyl (C=O) groups excluding carboxylic acids is 1. The summed E-state index contributed by atoms with van der Waals surface area (Å²) in [6.45, 7) is 4.30. The monoisotopic (exact) mass is 297 g/mol. The molecule has 4 fully saturated rings. The summed E-state index contributed by atoms with van der Waals surface area (Å²) >= 11 is 0. The van der Waals surface area contributed by atoms with E-state index >= 15 is 0 Å². The zero-order valence-corrected chi connectivity index (χ0v) is 13.8. The lowest BCUT2D eigenvalue weighted by atomic mass is 9.48. The number of aryl methyl sites for hydroxylation is 1. The van der Waals surface area contributed by atoms with Crippen molar-refractivity contribution in [1.29, 1.82) is 0 Å². The van der Waals surface area contributed by atoms with E-state index in [0.717, 1.165) is 23.3 Å². The molecule has 1 unspecified atom stereocenters. The third-order valence-corrected chi connectivity index (χ3v) is 6.67. The molecule has 1 amide bonds. The first-order chi connectivity index (χ1) is 10.5. The Bertz CT molecular complexity index is 539. The third-order valence-electron chi connectivity index (χ3n) is 6.67. The van der Waals surface area contributed by atoms with Crippen molar-refractivity contribution >= 4 is 5.91 Å². The Morgan fingerprint density at radius 1 is 1.05 bits per heavy atom. The molecule has 118 valence electrons. The van der Waals surface area contributed by atoms with Crippen molar-refractivity contribution in [1.82, 2.24) is 5.32 Å². The van der Waals surface area contributed by atoms with Crippen LogP contribution >= 0.6 is 0 Å². The van der Waals surface area contributed by atoms with Gasteiger partial charge in [-0.15, -0.1) is 0 Å². The van der Waals surface area contributed by atoms with Crippen LogP contribution in [0.15, 0.2) is 24.3 Å². The van der Waals surface area contributed by atoms with Gasteiger partial charge in [-0.25, -0.2) is 0 Å². The highest BCUT2D eigenvalue weighted by Gasteiger charge is 2.53. The van der Waals surface area contributed by atoms with Gasteiger partial charge in [0.15, 0.2) is 0 Å². The van der Waals surface area contributed by atoms with Gasteiger partial charge in [-0.05, 0) is 87.7 Å². The van der Waals surface area contributed by atoms with E-state index in [1.807, 2.05) is 24.3 Å². The molecule has 0 aliphatic heterocycles. The molecular weight excluding hydrogens is 270 g/mol. The van der Waals surface area contributed by atoms with Crippen molar-refractivity contribution < 1.29 is 4.79 Å². The summed E-state index contributed by atoms with van der Waals surface area (Å²) in [6.07, 6.45) is 8.39. The van der Waals surface area contributed by atoms with Crippen molar-refractivity contribution in [3.05, 3.63) is 35.4 Å². The van der Waals surface area contributed by atoms with E-state index < -0.39 is 0 Å². The molecular formula is C20H27NO. The second-order valence-electron chi connectivity index (χ2n) is 8.34. The number of carbonyl (C=O) groups is 1. The number of hydrogen-bond donors (Lipinski definition) is 1. The van der Waals surface area contributed by atoms with E-state index in [2.05, 4.69) is 19.2 Å². The third kappa shape index (κ3) is 2.37. The first kappa shape index (κ1) is 14.3. The van der Waals surface area contributed by atoms with E-state index in [9.17, 15) is 4.79 Å². The number of nitrogens with one attached hydrogen (secondary N) is 1. The normalized spacial score (nSPS) is 37.1. The van der Waals surface area contributed by atoms with Crippen LogP contribution in [0.3, 0.4) is 0 Å². The Morgan fingerprint density at radius 3 is 2.05 bits per heavy atom. The molecule has 5 rings (SSSR count). The summed E-state index contributed by atoms with van der Waals surface area (Å²) < 4.78 is 0. The van der Waals surface area contributed by atoms with Crippen LogP contribution in [0.25, 0.3) is 0 Å². The first-order valence-corrected chi connectivity index (χ1v) is 8.92. The van der Waals surface area contributed by atoms with Crippen molar-refractivity contribution in [2.24, 2.45) is 23.2 Å². The highest BCUT2D eigenvalue weighted by molar-refractivity contribution is 5.94. The average Bonchev–Trinajstić information content (AvgIpc) is 2.46. The second kappa shape index (κ2) is 5.11. The highest BCUT2D eigenvalue weighted by atomic mass is 16.1. The average molecular weight is 297 g/mol. The zero-order chi connectivity index (χ0) is 15.3. The van der Waals surface area contributed by atoms with Gasteiger partial charge in [0, 0.05) is 11.6 Å². The minimum Gasteiger partial charge on any atom is -0.349 e. The molecule has 1 aromatic rings. The molecule has 0 aromatic heterocycles. The minimum absolute atomic E-state index is 0.100. The number of hydrogen-bond acceptors (Lipinski definition) is 1. The summed E-state index contributed by atoms with van der Waals surface area (Å²) in [4.78, 5) is 12.5. The maximum Gasteiger partial charge on any atom is 0.251 e. The fourth-order valence-corrected chi connectivity index (χ4v) is 5.85. The van der Waals surface area contributed by atoms with Crippen LogP contribution < -0.4 is 5.32 Å². The SMILES string of the molecule is Cc1ccc(C(=O)NC(C)C23CC4CC(CC(C4)C2)C3)cc1. The van der Waals surface area contributed by atoms with Gasteiger partial charge in [-0.1, -0.05) is 17.7 Å². The van der Waals surface area contributed by atoms with Gasteiger partial charge >= 0.3 is 0 Å². The van der Waals surface area contributed by atoms with Crippen LogP contribution in [0, 0.1) is 30.1 Å². The Labute approximate surface area is 133 Å². The van der Waals surface area contributed by atoms with E-state index in [0.29, 0.717) is 11.5 Å². The van der Waals surface area contributed by atoms with E-state index in [1.165, 1.54) is 44.1 Å². The van der Waals surface area contributed by atoms with Crippen molar-refractivity contribution in [3.63, 3.8) is 0 Å². The molecule has 22 heavy (non-hydrogen) atoms. The quantitative estimate of drug-likeness (QED) is 0.884. The summed E-state index contributed by atoms with van der Waals surface area (Å²) in [7, 11) is 0. The molecule has 2 nitrogen and oxygen atoms in total. The van der Waals surface area contributed by atoms with Gasteiger partial charge in [0.25, 0.3) is 5.91 Å². The van der Waals surface area contributed by atoms with Gasteiger partial charge in [0.05, 0.1) is 0 Å². The van der Waals surface area contributed by atoms with Crippen LogP contribution in [0.5, 0.6) is 0 Å². The van der Waals surface area contributed by atoms with Gasteiger partial charge in [0.2, 0.25) is 0 Å². The molecule has 4 bridgehead atoms. The fraction of sp³-hybridized carbons (Fsp3) is 0.650. The van der Waals surface area contributed by atoms with Crippen molar-refractivity contribution in [2.75, 3.05) is 0 Å². The van der Waals surface area contributed by atoms with E-state index in [-0.39, 0.29) is 5.91 Å². The lowest BCUT2D eigenvalue weighted by Crippen LogP contribution is -2.55. The summed E-state index contributed by atoms with van der Waals surface area (Å²) in [5.74, 6) is 2.91. The lowest BCUT2D eigenvalue weighted by molar-refractivity contribution is -0.0688. The van der Waals surface area contributed by atoms with Crippen LogP contribution in [-0.4, -0.2) is 11.9 Å². The predicted octanol–water partition coefficient (Wildman–Crippen LogP) is 4.33. The van der Waals surface area contributed by atoms with Gasteiger partial charge in [-0.3, -0.25) is 4.79 Å². The molecule has 0 spiro atoms. The smallest absolute Gasteiger partial charge is 0.251 e. The molecule has 1 N–H and O–H groups in total. The molecule has 4 aliphatic rings. The van der Waals surface area contributed by atoms with Crippen molar-refractivity contribution in [2.45, 2.75) is 58.4 Å². The molecule has 1 atom stereocenters. The number of benzene rings is 1. The predicted molar refractivity (Wildman–Crippen MR) is 88.7 cm³/mol. The largest absolute Gasteiger partial charge is 0.349 e. The summed E-state index contributed by atoms with van der Waals surface area (Å²) in [6, 6.07) is 8.22. The summed E-state index contributed by atoms with van der Waals surface area (Å²) in [5.41, 5.74) is 2.38.